The highest BCUT2D eigenvalue weighted by atomic mass is 32.1. The van der Waals surface area contributed by atoms with Crippen molar-refractivity contribution in [1.29, 1.82) is 0 Å². The van der Waals surface area contributed by atoms with Crippen LogP contribution in [0.3, 0.4) is 0 Å². The third-order valence-electron chi connectivity index (χ3n) is 2.60. The molecule has 0 atom stereocenters. The first kappa shape index (κ1) is 12.4. The summed E-state index contributed by atoms with van der Waals surface area (Å²) in [5.74, 6) is -1.39. The predicted octanol–water partition coefficient (Wildman–Crippen LogP) is 3.56. The van der Waals surface area contributed by atoms with Crippen LogP contribution in [0.25, 0.3) is 11.3 Å². The van der Waals surface area contributed by atoms with Crippen molar-refractivity contribution in [3.63, 3.8) is 0 Å². The summed E-state index contributed by atoms with van der Waals surface area (Å²) in [5, 5.41) is 8.95. The van der Waals surface area contributed by atoms with E-state index in [9.17, 15) is 9.18 Å². The van der Waals surface area contributed by atoms with E-state index in [0.717, 1.165) is 11.1 Å². The van der Waals surface area contributed by atoms with E-state index >= 15 is 0 Å². The Morgan fingerprint density at radius 2 is 1.94 bits per heavy atom. The molecule has 2 rings (SSSR count). The fourth-order valence-corrected chi connectivity index (χ4v) is 1.96. The lowest BCUT2D eigenvalue weighted by Gasteiger charge is -2.08. The number of aryl methyl sites for hydroxylation is 1. The Bertz CT molecular complexity index is 662. The largest absolute Gasteiger partial charge is 0.478 e. The fourth-order valence-electron chi connectivity index (χ4n) is 1.71. The molecule has 5 heteroatoms. The maximum atomic E-state index is 12.8. The second-order valence-electron chi connectivity index (χ2n) is 3.88. The van der Waals surface area contributed by atoms with Gasteiger partial charge >= 0.3 is 5.97 Å². The molecule has 0 aliphatic heterocycles. The molecule has 0 spiro atoms. The number of hydrogen-bond acceptors (Lipinski definition) is 2. The topological polar surface area (TPSA) is 53.1 Å². The standard InChI is InChI=1S/C13H10FNO2S/c1-7-6-10(13(16)17)12(18)15-11(7)8-2-4-9(14)5-3-8/h2-6H,1H3,(H,15,18)(H,16,17). The molecule has 0 fully saturated rings. The van der Waals surface area contributed by atoms with Gasteiger partial charge in [0.1, 0.15) is 10.5 Å². The van der Waals surface area contributed by atoms with Gasteiger partial charge in [0.15, 0.2) is 0 Å². The Morgan fingerprint density at radius 3 is 2.50 bits per heavy atom. The number of H-pyrrole nitrogens is 1. The average Bonchev–Trinajstić information content (AvgIpc) is 2.32. The number of pyridine rings is 1. The summed E-state index contributed by atoms with van der Waals surface area (Å²) < 4.78 is 13.0. The van der Waals surface area contributed by atoms with Crippen molar-refractivity contribution in [3.8, 4) is 11.3 Å². The highest BCUT2D eigenvalue weighted by Gasteiger charge is 2.10. The Kier molecular flexibility index (Phi) is 3.25. The number of halogens is 1. The monoisotopic (exact) mass is 263 g/mol. The summed E-state index contributed by atoms with van der Waals surface area (Å²) in [6, 6.07) is 7.43. The van der Waals surface area contributed by atoms with Crippen molar-refractivity contribution in [1.82, 2.24) is 4.98 Å². The van der Waals surface area contributed by atoms with Gasteiger partial charge in [0.25, 0.3) is 0 Å². The summed E-state index contributed by atoms with van der Waals surface area (Å²) in [6.07, 6.45) is 0. The third-order valence-corrected chi connectivity index (χ3v) is 2.92. The summed E-state index contributed by atoms with van der Waals surface area (Å²) in [6.45, 7) is 1.77. The van der Waals surface area contributed by atoms with Gasteiger partial charge in [-0.05, 0) is 48.4 Å². The molecular formula is C13H10FNO2S. The van der Waals surface area contributed by atoms with Crippen LogP contribution < -0.4 is 0 Å². The lowest BCUT2D eigenvalue weighted by atomic mass is 10.1. The normalized spacial score (nSPS) is 10.3. The van der Waals surface area contributed by atoms with Gasteiger partial charge in [0, 0.05) is 5.69 Å². The van der Waals surface area contributed by atoms with Gasteiger partial charge in [-0.3, -0.25) is 0 Å². The molecule has 2 aromatic rings. The van der Waals surface area contributed by atoms with E-state index in [1.54, 1.807) is 19.1 Å². The van der Waals surface area contributed by atoms with Crippen LogP contribution in [0.2, 0.25) is 0 Å². The fraction of sp³-hybridized carbons (Fsp3) is 0.0769. The van der Waals surface area contributed by atoms with E-state index in [-0.39, 0.29) is 16.0 Å². The molecule has 0 saturated heterocycles. The Morgan fingerprint density at radius 1 is 1.33 bits per heavy atom. The first-order chi connectivity index (χ1) is 8.49. The summed E-state index contributed by atoms with van der Waals surface area (Å²) in [7, 11) is 0. The van der Waals surface area contributed by atoms with E-state index in [2.05, 4.69) is 4.98 Å². The van der Waals surface area contributed by atoms with Crippen molar-refractivity contribution < 1.29 is 14.3 Å². The molecule has 0 unspecified atom stereocenters. The molecule has 3 nitrogen and oxygen atoms in total. The molecule has 1 heterocycles. The second kappa shape index (κ2) is 4.70. The second-order valence-corrected chi connectivity index (χ2v) is 4.29. The van der Waals surface area contributed by atoms with Gasteiger partial charge in [0.2, 0.25) is 0 Å². The molecule has 0 bridgehead atoms. The maximum Gasteiger partial charge on any atom is 0.338 e. The number of carbonyl (C=O) groups is 1. The highest BCUT2D eigenvalue weighted by molar-refractivity contribution is 7.71. The number of benzene rings is 1. The lowest BCUT2D eigenvalue weighted by molar-refractivity contribution is 0.0695. The molecule has 1 aromatic heterocycles. The summed E-state index contributed by atoms with van der Waals surface area (Å²) in [4.78, 5) is 13.8. The molecule has 1 aromatic carbocycles. The summed E-state index contributed by atoms with van der Waals surface area (Å²) >= 11 is 4.99. The van der Waals surface area contributed by atoms with E-state index < -0.39 is 5.97 Å². The van der Waals surface area contributed by atoms with Crippen molar-refractivity contribution in [2.24, 2.45) is 0 Å². The Balaban J connectivity index is 2.60. The zero-order valence-corrected chi connectivity index (χ0v) is 10.3. The predicted molar refractivity (Wildman–Crippen MR) is 68.7 cm³/mol. The van der Waals surface area contributed by atoms with E-state index in [4.69, 9.17) is 17.3 Å². The molecule has 0 aliphatic rings. The van der Waals surface area contributed by atoms with Crippen LogP contribution in [0.5, 0.6) is 0 Å². The minimum absolute atomic E-state index is 0.0633. The van der Waals surface area contributed by atoms with Crippen LogP contribution in [-0.4, -0.2) is 16.1 Å². The van der Waals surface area contributed by atoms with E-state index in [1.165, 1.54) is 18.2 Å². The van der Waals surface area contributed by atoms with Crippen LogP contribution in [0.1, 0.15) is 15.9 Å². The SMILES string of the molecule is Cc1cc(C(=O)O)c(=S)[nH]c1-c1ccc(F)cc1. The third kappa shape index (κ3) is 2.31. The van der Waals surface area contributed by atoms with Gasteiger partial charge in [-0.2, -0.15) is 0 Å². The molecule has 0 saturated carbocycles. The number of carboxylic acids is 1. The first-order valence-electron chi connectivity index (χ1n) is 5.22. The van der Waals surface area contributed by atoms with Gasteiger partial charge in [0.05, 0.1) is 5.56 Å². The van der Waals surface area contributed by atoms with Crippen LogP contribution in [0, 0.1) is 17.4 Å². The van der Waals surface area contributed by atoms with Gasteiger partial charge in [-0.1, -0.05) is 12.2 Å². The molecule has 0 amide bonds. The molecule has 0 radical (unpaired) electrons. The van der Waals surface area contributed by atoms with Crippen molar-refractivity contribution in [3.05, 3.63) is 51.9 Å². The number of aromatic nitrogens is 1. The number of hydrogen-bond donors (Lipinski definition) is 2. The molecule has 92 valence electrons. The smallest absolute Gasteiger partial charge is 0.338 e. The van der Waals surface area contributed by atoms with E-state index in [1.807, 2.05) is 0 Å². The minimum Gasteiger partial charge on any atom is -0.478 e. The zero-order chi connectivity index (χ0) is 13.3. The minimum atomic E-state index is -1.06. The number of rotatable bonds is 2. The van der Waals surface area contributed by atoms with Crippen molar-refractivity contribution >= 4 is 18.2 Å². The number of carboxylic acid groups (broad SMARTS) is 1. The zero-order valence-electron chi connectivity index (χ0n) is 9.53. The van der Waals surface area contributed by atoms with Gasteiger partial charge < -0.3 is 10.1 Å². The summed E-state index contributed by atoms with van der Waals surface area (Å²) in [5.41, 5.74) is 2.27. The lowest BCUT2D eigenvalue weighted by Crippen LogP contribution is -2.01. The van der Waals surface area contributed by atoms with Gasteiger partial charge in [-0.15, -0.1) is 0 Å². The number of nitrogens with one attached hydrogen (secondary N) is 1. The number of aromatic carboxylic acids is 1. The molecule has 0 aliphatic carbocycles. The molecular weight excluding hydrogens is 253 g/mol. The van der Waals surface area contributed by atoms with Crippen molar-refractivity contribution in [2.45, 2.75) is 6.92 Å². The Labute approximate surface area is 108 Å². The van der Waals surface area contributed by atoms with E-state index in [0.29, 0.717) is 5.69 Å². The van der Waals surface area contributed by atoms with Crippen LogP contribution in [0.4, 0.5) is 4.39 Å². The quantitative estimate of drug-likeness (QED) is 0.814. The highest BCUT2D eigenvalue weighted by Crippen LogP contribution is 2.22. The van der Waals surface area contributed by atoms with Crippen LogP contribution in [0.15, 0.2) is 30.3 Å². The van der Waals surface area contributed by atoms with Crippen molar-refractivity contribution in [2.75, 3.05) is 0 Å². The maximum absolute atomic E-state index is 12.8. The molecule has 2 N–H and O–H groups in total. The molecule has 18 heavy (non-hydrogen) atoms. The number of aromatic amines is 1. The van der Waals surface area contributed by atoms with Gasteiger partial charge in [-0.25, -0.2) is 9.18 Å². The average molecular weight is 263 g/mol. The van der Waals surface area contributed by atoms with Crippen LogP contribution in [-0.2, 0) is 0 Å². The first-order valence-corrected chi connectivity index (χ1v) is 5.63. The Hall–Kier alpha value is -2.01. The van der Waals surface area contributed by atoms with Crippen LogP contribution >= 0.6 is 12.2 Å².